The van der Waals surface area contributed by atoms with Crippen molar-refractivity contribution in [2.75, 3.05) is 13.2 Å². The Hall–Kier alpha value is -1.65. The molecule has 0 saturated heterocycles. The van der Waals surface area contributed by atoms with Gasteiger partial charge in [-0.2, -0.15) is 0 Å². The van der Waals surface area contributed by atoms with E-state index < -0.39 is 16.2 Å². The molecule has 0 spiro atoms. The Kier molecular flexibility index (Phi) is 11.9. The zero-order valence-corrected chi connectivity index (χ0v) is 16.9. The molecule has 144 valence electrons. The molecule has 0 saturated carbocycles. The smallest absolute Gasteiger partial charge is 0.450 e. The van der Waals surface area contributed by atoms with Gasteiger partial charge in [0.05, 0.1) is 4.90 Å². The molecule has 0 bridgehead atoms. The first kappa shape index (κ1) is 24.4. The van der Waals surface area contributed by atoms with Crippen molar-refractivity contribution in [1.29, 1.82) is 0 Å². The van der Waals surface area contributed by atoms with E-state index >= 15 is 0 Å². The Morgan fingerprint density at radius 1 is 1.12 bits per heavy atom. The van der Waals surface area contributed by atoms with Gasteiger partial charge in [0, 0.05) is 17.6 Å². The normalized spacial score (nSPS) is 10.1. The number of sulfonamides is 1. The van der Waals surface area contributed by atoms with E-state index in [-0.39, 0.29) is 23.9 Å². The Labute approximate surface area is 167 Å². The Morgan fingerprint density at radius 3 is 2.19 bits per heavy atom. The van der Waals surface area contributed by atoms with E-state index in [1.165, 1.54) is 11.6 Å². The highest BCUT2D eigenvalue weighted by atomic mass is 79.9. The second-order valence-corrected chi connectivity index (χ2v) is 7.14. The zero-order chi connectivity index (χ0) is 18.7. The SMILES string of the molecule is Cl.NS(=O)(=O)c1ccccc1Br.O=C(O)OCCNCc1ccccc1. The third-order valence-corrected chi connectivity index (χ3v) is 4.74. The zero-order valence-electron chi connectivity index (χ0n) is 13.7. The molecule has 0 aliphatic heterocycles. The molecule has 2 aromatic carbocycles. The molecule has 7 nitrogen and oxygen atoms in total. The minimum Gasteiger partial charge on any atom is -0.450 e. The number of benzene rings is 2. The van der Waals surface area contributed by atoms with Crippen LogP contribution in [0.25, 0.3) is 0 Å². The van der Waals surface area contributed by atoms with E-state index in [4.69, 9.17) is 10.2 Å². The lowest BCUT2D eigenvalue weighted by Crippen LogP contribution is -2.20. The maximum absolute atomic E-state index is 10.8. The first-order valence-electron chi connectivity index (χ1n) is 7.18. The minimum absolute atomic E-state index is 0. The predicted octanol–water partition coefficient (Wildman–Crippen LogP) is 2.99. The topological polar surface area (TPSA) is 119 Å². The fourth-order valence-electron chi connectivity index (χ4n) is 1.71. The largest absolute Gasteiger partial charge is 0.505 e. The van der Waals surface area contributed by atoms with Gasteiger partial charge in [-0.15, -0.1) is 12.4 Å². The van der Waals surface area contributed by atoms with Crippen LogP contribution in [0.2, 0.25) is 0 Å². The molecule has 0 heterocycles. The van der Waals surface area contributed by atoms with Crippen LogP contribution in [0.15, 0.2) is 64.0 Å². The molecule has 10 heteroatoms. The van der Waals surface area contributed by atoms with E-state index in [1.807, 2.05) is 30.3 Å². The number of hydrogen-bond acceptors (Lipinski definition) is 5. The molecular formula is C16H20BrClN2O5S. The van der Waals surface area contributed by atoms with Gasteiger partial charge < -0.3 is 15.2 Å². The number of hydrogen-bond donors (Lipinski definition) is 3. The summed E-state index contributed by atoms with van der Waals surface area (Å²) in [5.41, 5.74) is 1.17. The number of nitrogens with two attached hydrogens (primary N) is 1. The summed E-state index contributed by atoms with van der Waals surface area (Å²) >= 11 is 3.07. The predicted molar refractivity (Wildman–Crippen MR) is 105 cm³/mol. The number of carbonyl (C=O) groups is 1. The maximum Gasteiger partial charge on any atom is 0.505 e. The molecule has 0 amide bonds. The molecule has 0 atom stereocenters. The number of nitrogens with one attached hydrogen (secondary N) is 1. The Bertz CT molecular complexity index is 775. The van der Waals surface area contributed by atoms with Gasteiger partial charge >= 0.3 is 6.16 Å². The fraction of sp³-hybridized carbons (Fsp3) is 0.188. The molecular weight excluding hydrogens is 448 g/mol. The highest BCUT2D eigenvalue weighted by Crippen LogP contribution is 2.19. The highest BCUT2D eigenvalue weighted by molar-refractivity contribution is 9.10. The van der Waals surface area contributed by atoms with Crippen LogP contribution in [0.5, 0.6) is 0 Å². The second-order valence-electron chi connectivity index (χ2n) is 4.75. The van der Waals surface area contributed by atoms with Gasteiger partial charge in [-0.3, -0.25) is 0 Å². The van der Waals surface area contributed by atoms with Crippen molar-refractivity contribution in [2.24, 2.45) is 5.14 Å². The summed E-state index contributed by atoms with van der Waals surface area (Å²) in [6.07, 6.45) is -1.23. The quantitative estimate of drug-likeness (QED) is 0.444. The summed E-state index contributed by atoms with van der Waals surface area (Å²) in [5, 5.41) is 16.1. The first-order chi connectivity index (χ1) is 11.8. The summed E-state index contributed by atoms with van der Waals surface area (Å²) in [6, 6.07) is 16.3. The van der Waals surface area contributed by atoms with Crippen LogP contribution in [-0.4, -0.2) is 32.8 Å². The van der Waals surface area contributed by atoms with Crippen molar-refractivity contribution in [3.8, 4) is 0 Å². The highest BCUT2D eigenvalue weighted by Gasteiger charge is 2.09. The second kappa shape index (κ2) is 12.7. The first-order valence-corrected chi connectivity index (χ1v) is 9.52. The molecule has 2 aromatic rings. The van der Waals surface area contributed by atoms with Crippen molar-refractivity contribution in [3.63, 3.8) is 0 Å². The fourth-order valence-corrected chi connectivity index (χ4v) is 3.28. The number of ether oxygens (including phenoxy) is 1. The monoisotopic (exact) mass is 466 g/mol. The number of primary sulfonamides is 1. The minimum atomic E-state index is -3.58. The average molecular weight is 468 g/mol. The van der Waals surface area contributed by atoms with E-state index in [0.717, 1.165) is 6.54 Å². The molecule has 0 unspecified atom stereocenters. The molecule has 4 N–H and O–H groups in total. The van der Waals surface area contributed by atoms with Crippen molar-refractivity contribution in [2.45, 2.75) is 11.4 Å². The third kappa shape index (κ3) is 10.4. The van der Waals surface area contributed by atoms with Gasteiger partial charge in [-0.05, 0) is 33.6 Å². The molecule has 0 fully saturated rings. The van der Waals surface area contributed by atoms with Crippen LogP contribution in [0.3, 0.4) is 0 Å². The van der Waals surface area contributed by atoms with E-state index in [2.05, 4.69) is 26.0 Å². The van der Waals surface area contributed by atoms with Crippen LogP contribution in [0.1, 0.15) is 5.56 Å². The molecule has 0 aromatic heterocycles. The Morgan fingerprint density at radius 2 is 1.69 bits per heavy atom. The Balaban J connectivity index is 0.000000475. The lowest BCUT2D eigenvalue weighted by molar-refractivity contribution is 0.0923. The van der Waals surface area contributed by atoms with Gasteiger partial charge in [-0.25, -0.2) is 18.4 Å². The van der Waals surface area contributed by atoms with Crippen molar-refractivity contribution >= 4 is 44.5 Å². The van der Waals surface area contributed by atoms with Crippen LogP contribution in [0.4, 0.5) is 4.79 Å². The van der Waals surface area contributed by atoms with Crippen molar-refractivity contribution < 1.29 is 23.1 Å². The summed E-state index contributed by atoms with van der Waals surface area (Å²) in [6.45, 7) is 1.44. The van der Waals surface area contributed by atoms with Crippen LogP contribution < -0.4 is 10.5 Å². The van der Waals surface area contributed by atoms with Gasteiger partial charge in [0.2, 0.25) is 10.0 Å². The van der Waals surface area contributed by atoms with Crippen LogP contribution >= 0.6 is 28.3 Å². The van der Waals surface area contributed by atoms with Crippen LogP contribution in [-0.2, 0) is 21.3 Å². The number of rotatable bonds is 6. The van der Waals surface area contributed by atoms with Crippen LogP contribution in [0, 0.1) is 0 Å². The molecule has 26 heavy (non-hydrogen) atoms. The van der Waals surface area contributed by atoms with Crippen molar-refractivity contribution in [1.82, 2.24) is 5.32 Å². The lowest BCUT2D eigenvalue weighted by Gasteiger charge is -2.03. The van der Waals surface area contributed by atoms with Gasteiger partial charge in [0.25, 0.3) is 0 Å². The molecule has 0 aliphatic rings. The summed E-state index contributed by atoms with van der Waals surface area (Å²) in [4.78, 5) is 10.1. The standard InChI is InChI=1S/C10H13NO3.C6H6BrNO2S.ClH/c12-10(13)14-7-6-11-8-9-4-2-1-3-5-9;7-5-3-1-2-4-6(5)11(8,9)10;/h1-5,11H,6-8H2,(H,12,13);1-4H,(H2,8,9,10);1H. The van der Waals surface area contributed by atoms with Crippen molar-refractivity contribution in [3.05, 3.63) is 64.6 Å². The summed E-state index contributed by atoms with van der Waals surface area (Å²) in [5.74, 6) is 0. The lowest BCUT2D eigenvalue weighted by atomic mass is 10.2. The van der Waals surface area contributed by atoms with E-state index in [9.17, 15) is 13.2 Å². The average Bonchev–Trinajstić information content (AvgIpc) is 2.55. The molecule has 0 aliphatic carbocycles. The third-order valence-electron chi connectivity index (χ3n) is 2.82. The summed E-state index contributed by atoms with van der Waals surface area (Å²) < 4.78 is 26.4. The number of carboxylic acid groups (broad SMARTS) is 1. The van der Waals surface area contributed by atoms with E-state index in [1.54, 1.807) is 18.2 Å². The maximum atomic E-state index is 10.8. The molecule has 0 radical (unpaired) electrons. The molecule has 2 rings (SSSR count). The van der Waals surface area contributed by atoms with E-state index in [0.29, 0.717) is 11.0 Å². The van der Waals surface area contributed by atoms with Gasteiger partial charge in [0.1, 0.15) is 6.61 Å². The van der Waals surface area contributed by atoms with Gasteiger partial charge in [-0.1, -0.05) is 42.5 Å². The summed E-state index contributed by atoms with van der Waals surface area (Å²) in [7, 11) is -3.58. The van der Waals surface area contributed by atoms with Gasteiger partial charge in [0.15, 0.2) is 0 Å². The number of halogens is 2.